The van der Waals surface area contributed by atoms with Gasteiger partial charge in [-0.1, -0.05) is 72.7 Å². The predicted molar refractivity (Wildman–Crippen MR) is 133 cm³/mol. The van der Waals surface area contributed by atoms with Crippen molar-refractivity contribution in [2.75, 3.05) is 5.73 Å². The van der Waals surface area contributed by atoms with E-state index in [0.717, 1.165) is 21.7 Å². The number of nitrogen functional groups attached to an aromatic ring is 1. The quantitative estimate of drug-likeness (QED) is 0.405. The molecule has 0 spiro atoms. The van der Waals surface area contributed by atoms with Crippen LogP contribution in [0.15, 0.2) is 70.2 Å². The van der Waals surface area contributed by atoms with Crippen molar-refractivity contribution in [3.05, 3.63) is 66.4 Å². The highest BCUT2D eigenvalue weighted by Crippen LogP contribution is 2.37. The van der Waals surface area contributed by atoms with Gasteiger partial charge in [-0.05, 0) is 29.2 Å². The van der Waals surface area contributed by atoms with Gasteiger partial charge in [0.25, 0.3) is 0 Å². The van der Waals surface area contributed by atoms with Crippen LogP contribution in [0, 0.1) is 6.92 Å². The van der Waals surface area contributed by atoms with Crippen molar-refractivity contribution in [1.82, 2.24) is 15.1 Å². The molecule has 158 valence electrons. The summed E-state index contributed by atoms with van der Waals surface area (Å²) in [7, 11) is -1.34. The molecule has 0 saturated carbocycles. The Balaban J connectivity index is 1.68. The van der Waals surface area contributed by atoms with Crippen LogP contribution in [-0.2, 0) is 0 Å². The van der Waals surface area contributed by atoms with Gasteiger partial charge >= 0.3 is 0 Å². The molecule has 0 atom stereocenters. The lowest BCUT2D eigenvalue weighted by Crippen LogP contribution is -1.99. The molecule has 2 N–H and O–H groups in total. The van der Waals surface area contributed by atoms with Crippen LogP contribution in [0.1, 0.15) is 19.4 Å². The molecule has 2 aromatic carbocycles. The Morgan fingerprint density at radius 1 is 0.935 bits per heavy atom. The van der Waals surface area contributed by atoms with Crippen LogP contribution in [0.4, 0.5) is 5.82 Å². The molecule has 2 aromatic heterocycles. The largest absolute Gasteiger partial charge is 0.382 e. The van der Waals surface area contributed by atoms with E-state index in [9.17, 15) is 0 Å². The van der Waals surface area contributed by atoms with E-state index in [0.29, 0.717) is 28.2 Å². The van der Waals surface area contributed by atoms with Crippen molar-refractivity contribution < 1.29 is 4.52 Å². The second kappa shape index (κ2) is 8.04. The molecule has 2 heterocycles. The van der Waals surface area contributed by atoms with Crippen LogP contribution in [0.25, 0.3) is 34.0 Å². The molecule has 0 aliphatic carbocycles. The van der Waals surface area contributed by atoms with Crippen molar-refractivity contribution in [1.29, 1.82) is 0 Å². The SMILES string of the molecule is C=S(=C)(c1ccc(-c2cnc(N)c(-c3cc(-c4ccc(C)cc4)no3)n2)cc1)C(C)C. The van der Waals surface area contributed by atoms with E-state index in [-0.39, 0.29) is 0 Å². The zero-order valence-corrected chi connectivity index (χ0v) is 18.8. The fourth-order valence-electron chi connectivity index (χ4n) is 3.13. The molecule has 31 heavy (non-hydrogen) atoms. The first kappa shape index (κ1) is 20.9. The molecular formula is C25H26N4OS. The third kappa shape index (κ3) is 4.11. The first-order valence-electron chi connectivity index (χ1n) is 10.0. The van der Waals surface area contributed by atoms with Gasteiger partial charge in [-0.2, -0.15) is 9.21 Å². The van der Waals surface area contributed by atoms with Gasteiger partial charge in [0.15, 0.2) is 17.3 Å². The molecule has 0 aliphatic heterocycles. The van der Waals surface area contributed by atoms with Crippen molar-refractivity contribution in [3.63, 3.8) is 0 Å². The van der Waals surface area contributed by atoms with E-state index in [4.69, 9.17) is 15.2 Å². The van der Waals surface area contributed by atoms with Gasteiger partial charge in [0, 0.05) is 17.2 Å². The maximum Gasteiger partial charge on any atom is 0.189 e. The molecule has 0 saturated heterocycles. The van der Waals surface area contributed by atoms with Crippen LogP contribution in [0.3, 0.4) is 0 Å². The Morgan fingerprint density at radius 2 is 1.55 bits per heavy atom. The van der Waals surface area contributed by atoms with Gasteiger partial charge in [-0.3, -0.25) is 0 Å². The van der Waals surface area contributed by atoms with E-state index in [1.807, 2.05) is 49.4 Å². The maximum atomic E-state index is 6.11. The molecule has 0 fully saturated rings. The number of nitrogens with zero attached hydrogens (tertiary/aromatic N) is 3. The Morgan fingerprint density at radius 3 is 2.19 bits per heavy atom. The van der Waals surface area contributed by atoms with Crippen molar-refractivity contribution in [3.8, 4) is 34.0 Å². The fourth-order valence-corrected chi connectivity index (χ4v) is 4.36. The van der Waals surface area contributed by atoms with Gasteiger partial charge in [-0.25, -0.2) is 9.97 Å². The normalized spacial score (nSPS) is 11.7. The lowest BCUT2D eigenvalue weighted by molar-refractivity contribution is 0.434. The maximum absolute atomic E-state index is 6.11. The number of nitrogens with two attached hydrogens (primary N) is 1. The smallest absolute Gasteiger partial charge is 0.189 e. The van der Waals surface area contributed by atoms with Crippen LogP contribution < -0.4 is 5.73 Å². The molecule has 5 nitrogen and oxygen atoms in total. The average Bonchev–Trinajstić information content (AvgIpc) is 3.24. The van der Waals surface area contributed by atoms with Gasteiger partial charge < -0.3 is 10.3 Å². The first-order chi connectivity index (χ1) is 14.8. The Labute approximate surface area is 183 Å². The molecule has 0 radical (unpaired) electrons. The van der Waals surface area contributed by atoms with E-state index in [2.05, 4.69) is 47.9 Å². The third-order valence-corrected chi connectivity index (χ3v) is 8.43. The molecule has 0 aliphatic rings. The number of hydrogen-bond donors (Lipinski definition) is 1. The van der Waals surface area contributed by atoms with Gasteiger partial charge in [-0.15, -0.1) is 0 Å². The summed E-state index contributed by atoms with van der Waals surface area (Å²) in [5.41, 5.74) is 11.1. The highest BCUT2D eigenvalue weighted by Gasteiger charge is 2.16. The van der Waals surface area contributed by atoms with Crippen molar-refractivity contribution in [2.45, 2.75) is 30.9 Å². The van der Waals surface area contributed by atoms with Crippen LogP contribution in [-0.4, -0.2) is 32.1 Å². The third-order valence-electron chi connectivity index (χ3n) is 5.41. The van der Waals surface area contributed by atoms with Crippen LogP contribution in [0.5, 0.6) is 0 Å². The molecule has 0 unspecified atom stereocenters. The van der Waals surface area contributed by atoms with Crippen LogP contribution >= 0.6 is 9.21 Å². The lowest BCUT2D eigenvalue weighted by Gasteiger charge is -2.19. The molecule has 4 rings (SSSR count). The summed E-state index contributed by atoms with van der Waals surface area (Å²) in [6.07, 6.45) is 1.67. The number of anilines is 1. The predicted octanol–water partition coefficient (Wildman–Crippen LogP) is 5.79. The number of aryl methyl sites for hydroxylation is 1. The summed E-state index contributed by atoms with van der Waals surface area (Å²) in [6.45, 7) is 6.36. The standard InChI is InChI=1S/C25H26N4OS/c1-16(2)31(4,5)20-12-10-19(11-13-20)22-15-27-25(26)24(28-22)23-14-21(29-30-23)18-8-6-17(3)7-9-18/h6-16H,4-5H2,1-3H3,(H2,26,27). The molecule has 4 aromatic rings. The lowest BCUT2D eigenvalue weighted by atomic mass is 10.1. The minimum Gasteiger partial charge on any atom is -0.382 e. The Hall–Kier alpha value is -3.38. The number of rotatable bonds is 5. The van der Waals surface area contributed by atoms with Gasteiger partial charge in [0.05, 0.1) is 11.9 Å². The van der Waals surface area contributed by atoms with Crippen molar-refractivity contribution in [2.24, 2.45) is 0 Å². The summed E-state index contributed by atoms with van der Waals surface area (Å²) in [5.74, 6) is 9.48. The van der Waals surface area contributed by atoms with Crippen molar-refractivity contribution >= 4 is 26.8 Å². The van der Waals surface area contributed by atoms with Crippen LogP contribution in [0.2, 0.25) is 0 Å². The second-order valence-corrected chi connectivity index (χ2v) is 11.3. The number of benzene rings is 2. The van der Waals surface area contributed by atoms with Gasteiger partial charge in [0.2, 0.25) is 0 Å². The molecule has 0 bridgehead atoms. The molecule has 0 amide bonds. The van der Waals surface area contributed by atoms with E-state index >= 15 is 0 Å². The monoisotopic (exact) mass is 430 g/mol. The summed E-state index contributed by atoms with van der Waals surface area (Å²) in [4.78, 5) is 10.2. The minimum absolute atomic E-state index is 0.297. The van der Waals surface area contributed by atoms with E-state index < -0.39 is 9.21 Å². The summed E-state index contributed by atoms with van der Waals surface area (Å²) >= 11 is 0. The molecule has 6 heteroatoms. The highest BCUT2D eigenvalue weighted by atomic mass is 32.2. The first-order valence-corrected chi connectivity index (χ1v) is 12.0. The van der Waals surface area contributed by atoms with E-state index in [1.54, 1.807) is 6.20 Å². The fraction of sp³-hybridized carbons (Fsp3) is 0.160. The van der Waals surface area contributed by atoms with Gasteiger partial charge in [0.1, 0.15) is 5.69 Å². The summed E-state index contributed by atoms with van der Waals surface area (Å²) in [5, 5.41) is 4.58. The minimum atomic E-state index is -1.34. The second-order valence-electron chi connectivity index (χ2n) is 7.95. The van der Waals surface area contributed by atoms with E-state index in [1.165, 1.54) is 5.56 Å². The zero-order valence-electron chi connectivity index (χ0n) is 18.0. The number of aromatic nitrogens is 3. The Bertz CT molecular complexity index is 1320. The number of hydrogen-bond acceptors (Lipinski definition) is 5. The summed E-state index contributed by atoms with van der Waals surface area (Å²) < 4.78 is 5.55. The average molecular weight is 431 g/mol. The topological polar surface area (TPSA) is 77.8 Å². The Kier molecular flexibility index (Phi) is 5.41. The molecular weight excluding hydrogens is 404 g/mol. The highest BCUT2D eigenvalue weighted by molar-refractivity contribution is 8.28. The zero-order chi connectivity index (χ0) is 22.2. The summed E-state index contributed by atoms with van der Waals surface area (Å²) in [6, 6.07) is 18.1.